The van der Waals surface area contributed by atoms with Gasteiger partial charge in [0.2, 0.25) is 0 Å². The van der Waals surface area contributed by atoms with E-state index in [1.54, 1.807) is 0 Å². The molecule has 9 aromatic rings. The van der Waals surface area contributed by atoms with Gasteiger partial charge in [0.15, 0.2) is 10.9 Å². The average molecular weight is 1200 g/mol. The molecule has 0 unspecified atom stereocenters. The van der Waals surface area contributed by atoms with Crippen molar-refractivity contribution >= 4 is 89.0 Å². The highest BCUT2D eigenvalue weighted by Crippen LogP contribution is 2.45. The Labute approximate surface area is 521 Å². The van der Waals surface area contributed by atoms with E-state index in [1.807, 2.05) is 45.3 Å². The fourth-order valence-corrected chi connectivity index (χ4v) is 17.5. The average Bonchev–Trinajstić information content (AvgIpc) is 1.35. The molecule has 4 nitrogen and oxygen atoms in total. The highest BCUT2D eigenvalue weighted by molar-refractivity contribution is 7.24. The lowest BCUT2D eigenvalue weighted by Crippen LogP contribution is -2.16. The highest BCUT2D eigenvalue weighted by atomic mass is 32.1. The van der Waals surface area contributed by atoms with Crippen molar-refractivity contribution in [2.45, 2.75) is 260 Å². The van der Waals surface area contributed by atoms with Crippen LogP contribution in [-0.2, 0) is 38.8 Å². The number of aryl methyl sites for hydroxylation is 6. The fraction of sp³-hybridized carbons (Fsp3) is 0.526. The molecule has 0 spiro atoms. The van der Waals surface area contributed by atoms with Gasteiger partial charge < -0.3 is 9.13 Å². The zero-order valence-corrected chi connectivity index (χ0v) is 55.7. The van der Waals surface area contributed by atoms with Gasteiger partial charge in [-0.25, -0.2) is 0 Å². The quantitative estimate of drug-likeness (QED) is 0.0286. The lowest BCUT2D eigenvalue weighted by atomic mass is 10.0. The smallest absolute Gasteiger partial charge is 0.197 e. The van der Waals surface area contributed by atoms with E-state index in [-0.39, 0.29) is 10.9 Å². The van der Waals surface area contributed by atoms with Crippen molar-refractivity contribution in [3.8, 4) is 40.4 Å². The van der Waals surface area contributed by atoms with E-state index >= 15 is 9.59 Å². The Bertz CT molecular complexity index is 3390. The van der Waals surface area contributed by atoms with Gasteiger partial charge in [-0.15, -0.1) is 45.3 Å². The summed E-state index contributed by atoms with van der Waals surface area (Å²) in [5.41, 5.74) is 11.9. The fourth-order valence-electron chi connectivity index (χ4n) is 12.9. The number of hydrogen-bond donors (Lipinski definition) is 0. The zero-order valence-electron chi connectivity index (χ0n) is 52.5. The standard InChI is InChI=1S/C76H100N2O2S4/c1-7-13-19-25-27-33-43-77-65-41-39-57(69-49-59(37-31-23-17-11-5)75(83-69)71-45-55(53-81-71)35-29-21-15-9-3)47-61(65)73(79)63-52-68-64(51-67(63)77)74(80)62-48-58(40-42-66(62)78(68)44-34-28-26-20-14-8-2)70-50-60(38-32-24-18-12-6)76(84-70)72-46-56(54-82-72)36-30-22-16-10-4/h39-42,45-54H,7-38,43-44H2,1-6H3. The molecule has 9 rings (SSSR count). The first kappa shape index (κ1) is 63.9. The molecule has 0 aliphatic heterocycles. The molecular formula is C76H100N2O2S4. The minimum atomic E-state index is 0.0628. The van der Waals surface area contributed by atoms with E-state index in [0.29, 0.717) is 10.8 Å². The van der Waals surface area contributed by atoms with Gasteiger partial charge in [0.05, 0.1) is 22.1 Å². The molecule has 0 radical (unpaired) electrons. The minimum absolute atomic E-state index is 0.0628. The number of unbranched alkanes of at least 4 members (excludes halogenated alkanes) is 22. The molecule has 6 aromatic heterocycles. The molecule has 6 heterocycles. The predicted octanol–water partition coefficient (Wildman–Crippen LogP) is 24.7. The predicted molar refractivity (Wildman–Crippen MR) is 376 cm³/mol. The number of fused-ring (bicyclic) bond motifs is 4. The normalized spacial score (nSPS) is 12.0. The van der Waals surface area contributed by atoms with Gasteiger partial charge in [-0.05, 0) is 169 Å². The summed E-state index contributed by atoms with van der Waals surface area (Å²) in [5.74, 6) is 0. The first-order valence-electron chi connectivity index (χ1n) is 33.8. The van der Waals surface area contributed by atoms with Crippen molar-refractivity contribution < 1.29 is 0 Å². The van der Waals surface area contributed by atoms with Gasteiger partial charge in [0.25, 0.3) is 0 Å². The van der Waals surface area contributed by atoms with Crippen LogP contribution in [0, 0.1) is 0 Å². The van der Waals surface area contributed by atoms with E-state index in [4.69, 9.17) is 0 Å². The van der Waals surface area contributed by atoms with Crippen molar-refractivity contribution in [1.82, 2.24) is 9.13 Å². The maximum absolute atomic E-state index is 15.6. The molecule has 0 atom stereocenters. The topological polar surface area (TPSA) is 44.0 Å². The Morgan fingerprint density at radius 1 is 0.321 bits per heavy atom. The van der Waals surface area contributed by atoms with Gasteiger partial charge in [-0.2, -0.15) is 0 Å². The molecule has 0 bridgehead atoms. The summed E-state index contributed by atoms with van der Waals surface area (Å²) in [6, 6.07) is 27.5. The van der Waals surface area contributed by atoms with Gasteiger partial charge in [-0.1, -0.05) is 195 Å². The van der Waals surface area contributed by atoms with E-state index in [2.05, 4.69) is 134 Å². The van der Waals surface area contributed by atoms with E-state index in [1.165, 1.54) is 206 Å². The third-order valence-electron chi connectivity index (χ3n) is 17.9. The molecule has 8 heteroatoms. The Balaban J connectivity index is 1.16. The number of benzene rings is 3. The SMILES string of the molecule is CCCCCCCCn1c2ccc(-c3cc(CCCCCC)c(-c4cc(CCCCCC)cs4)s3)cc2c(=O)c2cc3c(cc21)c(=O)c1cc(-c2cc(CCCCCC)c(-c4cc(CCCCCC)cs4)s2)ccc1n3CCCCCCCC. The lowest BCUT2D eigenvalue weighted by Gasteiger charge is -2.19. The summed E-state index contributed by atoms with van der Waals surface area (Å²) in [5, 5.41) is 7.78. The first-order valence-corrected chi connectivity index (χ1v) is 37.2. The van der Waals surface area contributed by atoms with E-state index < -0.39 is 0 Å². The summed E-state index contributed by atoms with van der Waals surface area (Å²) in [6.07, 6.45) is 38.8. The number of rotatable bonds is 38. The number of aromatic nitrogens is 2. The van der Waals surface area contributed by atoms with Crippen LogP contribution < -0.4 is 10.9 Å². The van der Waals surface area contributed by atoms with Crippen LogP contribution in [0.4, 0.5) is 0 Å². The molecule has 0 saturated carbocycles. The van der Waals surface area contributed by atoms with Crippen LogP contribution in [0.5, 0.6) is 0 Å². The maximum Gasteiger partial charge on any atom is 0.197 e. The van der Waals surface area contributed by atoms with E-state index in [0.717, 1.165) is 108 Å². The number of pyridine rings is 2. The van der Waals surface area contributed by atoms with Crippen molar-refractivity contribution in [2.24, 2.45) is 0 Å². The van der Waals surface area contributed by atoms with Gasteiger partial charge in [-0.3, -0.25) is 9.59 Å². The molecule has 0 N–H and O–H groups in total. The van der Waals surface area contributed by atoms with Crippen LogP contribution in [0.3, 0.4) is 0 Å². The van der Waals surface area contributed by atoms with Crippen molar-refractivity contribution in [3.63, 3.8) is 0 Å². The third kappa shape index (κ3) is 16.1. The van der Waals surface area contributed by atoms with Crippen LogP contribution in [-0.4, -0.2) is 9.13 Å². The van der Waals surface area contributed by atoms with E-state index in [9.17, 15) is 0 Å². The summed E-state index contributed by atoms with van der Waals surface area (Å²) >= 11 is 7.64. The molecule has 0 aliphatic rings. The molecule has 450 valence electrons. The Morgan fingerprint density at radius 2 is 0.655 bits per heavy atom. The van der Waals surface area contributed by atoms with Crippen LogP contribution >= 0.6 is 45.3 Å². The summed E-state index contributed by atoms with van der Waals surface area (Å²) in [7, 11) is 0. The third-order valence-corrected chi connectivity index (χ3v) is 22.7. The molecule has 0 fully saturated rings. The first-order chi connectivity index (χ1) is 41.3. The molecular weight excluding hydrogens is 1100 g/mol. The monoisotopic (exact) mass is 1200 g/mol. The number of nitrogens with zero attached hydrogens (tertiary/aromatic N) is 2. The molecule has 0 amide bonds. The number of thiophene rings is 4. The second kappa shape index (κ2) is 32.9. The van der Waals surface area contributed by atoms with Crippen LogP contribution in [0.1, 0.15) is 244 Å². The Hall–Kier alpha value is -4.60. The molecule has 3 aromatic carbocycles. The Morgan fingerprint density at radius 3 is 1.04 bits per heavy atom. The minimum Gasteiger partial charge on any atom is -0.340 e. The van der Waals surface area contributed by atoms with Crippen LogP contribution in [0.25, 0.3) is 84.0 Å². The molecule has 0 saturated heterocycles. The second-order valence-electron chi connectivity index (χ2n) is 24.7. The maximum atomic E-state index is 15.6. The van der Waals surface area contributed by atoms with Gasteiger partial charge in [0, 0.05) is 63.9 Å². The summed E-state index contributed by atoms with van der Waals surface area (Å²) in [4.78, 5) is 39.2. The summed E-state index contributed by atoms with van der Waals surface area (Å²) in [6.45, 7) is 15.3. The van der Waals surface area contributed by atoms with Gasteiger partial charge >= 0.3 is 0 Å². The highest BCUT2D eigenvalue weighted by Gasteiger charge is 2.22. The summed E-state index contributed by atoms with van der Waals surface area (Å²) < 4.78 is 4.83. The lowest BCUT2D eigenvalue weighted by molar-refractivity contribution is 0.569. The second-order valence-corrected chi connectivity index (χ2v) is 28.6. The Kier molecular flexibility index (Phi) is 25.1. The van der Waals surface area contributed by atoms with Crippen molar-refractivity contribution in [3.05, 3.63) is 126 Å². The van der Waals surface area contributed by atoms with Crippen LogP contribution in [0.2, 0.25) is 0 Å². The zero-order chi connectivity index (χ0) is 58.6. The van der Waals surface area contributed by atoms with Crippen molar-refractivity contribution in [2.75, 3.05) is 0 Å². The largest absolute Gasteiger partial charge is 0.340 e. The van der Waals surface area contributed by atoms with Gasteiger partial charge in [0.1, 0.15) is 0 Å². The number of hydrogen-bond acceptors (Lipinski definition) is 6. The molecule has 84 heavy (non-hydrogen) atoms. The molecule has 0 aliphatic carbocycles. The van der Waals surface area contributed by atoms with Crippen molar-refractivity contribution in [1.29, 1.82) is 0 Å². The van der Waals surface area contributed by atoms with Crippen LogP contribution in [0.15, 0.2) is 93.1 Å².